The summed E-state index contributed by atoms with van der Waals surface area (Å²) in [5.74, 6) is -0.0684. The SMILES string of the molecule is CC(C)/C=C(\C#N)C(=O)NCC(C)(C)C. The second kappa shape index (κ2) is 5.55. The molecule has 0 atom stereocenters. The molecule has 0 aliphatic carbocycles. The van der Waals surface area contributed by atoms with Crippen LogP contribution in [-0.4, -0.2) is 12.5 Å². The Morgan fingerprint density at radius 3 is 2.33 bits per heavy atom. The molecule has 84 valence electrons. The Morgan fingerprint density at radius 2 is 2.00 bits per heavy atom. The van der Waals surface area contributed by atoms with Crippen molar-refractivity contribution in [3.63, 3.8) is 0 Å². The summed E-state index contributed by atoms with van der Waals surface area (Å²) in [4.78, 5) is 11.6. The lowest BCUT2D eigenvalue weighted by molar-refractivity contribution is -0.117. The van der Waals surface area contributed by atoms with Gasteiger partial charge < -0.3 is 5.32 Å². The standard InChI is InChI=1S/C12H20N2O/c1-9(2)6-10(7-13)11(15)14-8-12(3,4)5/h6,9H,8H2,1-5H3,(H,14,15)/b10-6+. The summed E-state index contributed by atoms with van der Waals surface area (Å²) in [5.41, 5.74) is 0.239. The summed E-state index contributed by atoms with van der Waals surface area (Å²) in [6.07, 6.45) is 1.68. The molecule has 0 aliphatic rings. The van der Waals surface area contributed by atoms with Crippen LogP contribution in [0.2, 0.25) is 0 Å². The van der Waals surface area contributed by atoms with Crippen LogP contribution < -0.4 is 5.32 Å². The van der Waals surface area contributed by atoms with E-state index < -0.39 is 0 Å². The van der Waals surface area contributed by atoms with Crippen LogP contribution in [-0.2, 0) is 4.79 Å². The van der Waals surface area contributed by atoms with Gasteiger partial charge in [0.2, 0.25) is 0 Å². The van der Waals surface area contributed by atoms with E-state index >= 15 is 0 Å². The molecule has 0 aromatic heterocycles. The van der Waals surface area contributed by atoms with Gasteiger partial charge in [0.1, 0.15) is 11.6 Å². The van der Waals surface area contributed by atoms with Gasteiger partial charge in [0, 0.05) is 6.54 Å². The number of nitriles is 1. The third kappa shape index (κ3) is 6.73. The van der Waals surface area contributed by atoms with Gasteiger partial charge in [-0.2, -0.15) is 5.26 Å². The number of hydrogen-bond acceptors (Lipinski definition) is 2. The van der Waals surface area contributed by atoms with Crippen molar-refractivity contribution in [2.75, 3.05) is 6.54 Å². The highest BCUT2D eigenvalue weighted by atomic mass is 16.1. The number of carbonyl (C=O) groups is 1. The molecule has 0 saturated heterocycles. The van der Waals surface area contributed by atoms with E-state index in [0.29, 0.717) is 6.54 Å². The molecule has 0 spiro atoms. The zero-order valence-corrected chi connectivity index (χ0v) is 10.2. The van der Waals surface area contributed by atoms with Crippen molar-refractivity contribution in [3.05, 3.63) is 11.6 Å². The van der Waals surface area contributed by atoms with E-state index in [1.54, 1.807) is 6.08 Å². The maximum absolute atomic E-state index is 11.6. The molecule has 0 fully saturated rings. The van der Waals surface area contributed by atoms with Crippen molar-refractivity contribution in [1.29, 1.82) is 5.26 Å². The molecule has 0 bridgehead atoms. The number of nitrogens with one attached hydrogen (secondary N) is 1. The lowest BCUT2D eigenvalue weighted by atomic mass is 9.97. The molecule has 0 rings (SSSR count). The molecule has 1 N–H and O–H groups in total. The Kier molecular flexibility index (Phi) is 5.07. The minimum Gasteiger partial charge on any atom is -0.351 e. The van der Waals surface area contributed by atoms with Crippen LogP contribution in [0.15, 0.2) is 11.6 Å². The van der Waals surface area contributed by atoms with Crippen LogP contribution in [0.3, 0.4) is 0 Å². The first-order chi connectivity index (χ1) is 6.76. The highest BCUT2D eigenvalue weighted by Crippen LogP contribution is 2.11. The van der Waals surface area contributed by atoms with E-state index in [1.165, 1.54) is 0 Å². The van der Waals surface area contributed by atoms with E-state index in [0.717, 1.165) is 0 Å². The number of hydrogen-bond donors (Lipinski definition) is 1. The van der Waals surface area contributed by atoms with Crippen LogP contribution in [0, 0.1) is 22.7 Å². The monoisotopic (exact) mass is 208 g/mol. The Labute approximate surface area is 92.2 Å². The predicted octanol–water partition coefficient (Wildman–Crippen LogP) is 2.25. The summed E-state index contributed by atoms with van der Waals surface area (Å²) < 4.78 is 0. The molecule has 15 heavy (non-hydrogen) atoms. The molecule has 0 aliphatic heterocycles. The summed E-state index contributed by atoms with van der Waals surface area (Å²) in [5, 5.41) is 11.5. The first-order valence-electron chi connectivity index (χ1n) is 5.16. The van der Waals surface area contributed by atoms with Crippen LogP contribution in [0.5, 0.6) is 0 Å². The average molecular weight is 208 g/mol. The third-order valence-electron chi connectivity index (χ3n) is 1.64. The average Bonchev–Trinajstić information content (AvgIpc) is 2.08. The normalized spacial score (nSPS) is 12.5. The number of nitrogens with zero attached hydrogens (tertiary/aromatic N) is 1. The van der Waals surface area contributed by atoms with E-state index in [1.807, 2.05) is 40.7 Å². The molecule has 0 aromatic carbocycles. The minimum atomic E-state index is -0.277. The molecule has 0 heterocycles. The lowest BCUT2D eigenvalue weighted by Gasteiger charge is -2.18. The Hall–Kier alpha value is -1.30. The molecule has 0 saturated carbocycles. The maximum atomic E-state index is 11.6. The highest BCUT2D eigenvalue weighted by Gasteiger charge is 2.14. The Balaban J connectivity index is 4.39. The van der Waals surface area contributed by atoms with Crippen molar-refractivity contribution >= 4 is 5.91 Å². The Bertz CT molecular complexity index is 290. The largest absolute Gasteiger partial charge is 0.351 e. The van der Waals surface area contributed by atoms with E-state index in [4.69, 9.17) is 5.26 Å². The fraction of sp³-hybridized carbons (Fsp3) is 0.667. The number of amides is 1. The van der Waals surface area contributed by atoms with Gasteiger partial charge in [0.15, 0.2) is 0 Å². The molecule has 3 nitrogen and oxygen atoms in total. The first-order valence-corrected chi connectivity index (χ1v) is 5.16. The summed E-state index contributed by atoms with van der Waals surface area (Å²) in [6.45, 7) is 10.5. The zero-order valence-electron chi connectivity index (χ0n) is 10.2. The summed E-state index contributed by atoms with van der Waals surface area (Å²) in [7, 11) is 0. The molecular formula is C12H20N2O. The maximum Gasteiger partial charge on any atom is 0.261 e. The smallest absolute Gasteiger partial charge is 0.261 e. The van der Waals surface area contributed by atoms with E-state index in [2.05, 4.69) is 5.32 Å². The summed E-state index contributed by atoms with van der Waals surface area (Å²) >= 11 is 0. The topological polar surface area (TPSA) is 52.9 Å². The number of rotatable bonds is 3. The summed E-state index contributed by atoms with van der Waals surface area (Å²) in [6, 6.07) is 1.92. The number of allylic oxidation sites excluding steroid dienone is 1. The van der Waals surface area contributed by atoms with Gasteiger partial charge in [0.25, 0.3) is 5.91 Å². The van der Waals surface area contributed by atoms with Gasteiger partial charge in [0.05, 0.1) is 0 Å². The van der Waals surface area contributed by atoms with Crippen LogP contribution in [0.25, 0.3) is 0 Å². The molecule has 0 aromatic rings. The van der Waals surface area contributed by atoms with Crippen LogP contribution in [0.4, 0.5) is 0 Å². The van der Waals surface area contributed by atoms with Gasteiger partial charge in [-0.25, -0.2) is 0 Å². The third-order valence-corrected chi connectivity index (χ3v) is 1.64. The molecular weight excluding hydrogens is 188 g/mol. The minimum absolute atomic E-state index is 0.0358. The second-order valence-corrected chi connectivity index (χ2v) is 5.18. The molecule has 1 amide bonds. The van der Waals surface area contributed by atoms with Gasteiger partial charge in [-0.1, -0.05) is 40.7 Å². The Morgan fingerprint density at radius 1 is 1.47 bits per heavy atom. The molecule has 3 heteroatoms. The fourth-order valence-electron chi connectivity index (χ4n) is 0.938. The second-order valence-electron chi connectivity index (χ2n) is 5.18. The first kappa shape index (κ1) is 13.7. The fourth-order valence-corrected chi connectivity index (χ4v) is 0.938. The van der Waals surface area contributed by atoms with Crippen molar-refractivity contribution < 1.29 is 4.79 Å². The van der Waals surface area contributed by atoms with Gasteiger partial charge in [-0.05, 0) is 11.3 Å². The van der Waals surface area contributed by atoms with Gasteiger partial charge in [-0.15, -0.1) is 0 Å². The van der Waals surface area contributed by atoms with Crippen LogP contribution in [0.1, 0.15) is 34.6 Å². The molecule has 0 radical (unpaired) electrons. The van der Waals surface area contributed by atoms with Gasteiger partial charge >= 0.3 is 0 Å². The number of carbonyl (C=O) groups excluding carboxylic acids is 1. The van der Waals surface area contributed by atoms with E-state index in [-0.39, 0.29) is 22.8 Å². The van der Waals surface area contributed by atoms with Crippen molar-refractivity contribution in [3.8, 4) is 6.07 Å². The van der Waals surface area contributed by atoms with Crippen molar-refractivity contribution in [2.45, 2.75) is 34.6 Å². The quantitative estimate of drug-likeness (QED) is 0.571. The lowest BCUT2D eigenvalue weighted by Crippen LogP contribution is -2.33. The van der Waals surface area contributed by atoms with E-state index in [9.17, 15) is 4.79 Å². The van der Waals surface area contributed by atoms with Crippen molar-refractivity contribution in [1.82, 2.24) is 5.32 Å². The van der Waals surface area contributed by atoms with Crippen molar-refractivity contribution in [2.24, 2.45) is 11.3 Å². The highest BCUT2D eigenvalue weighted by molar-refractivity contribution is 5.97. The molecule has 0 unspecified atom stereocenters. The van der Waals surface area contributed by atoms with Crippen LogP contribution >= 0.6 is 0 Å². The zero-order chi connectivity index (χ0) is 12.1. The van der Waals surface area contributed by atoms with Gasteiger partial charge in [-0.3, -0.25) is 4.79 Å². The predicted molar refractivity (Wildman–Crippen MR) is 61.0 cm³/mol.